The van der Waals surface area contributed by atoms with Crippen molar-refractivity contribution in [2.75, 3.05) is 32.1 Å². The molecule has 0 radical (unpaired) electrons. The number of rotatable bonds is 14. The lowest BCUT2D eigenvalue weighted by Crippen LogP contribution is -2.67. The molecule has 8 atom stereocenters. The van der Waals surface area contributed by atoms with Crippen molar-refractivity contribution >= 4 is 33.5 Å². The highest BCUT2D eigenvalue weighted by atomic mass is 32.2. The molecule has 3 saturated heterocycles. The van der Waals surface area contributed by atoms with Crippen molar-refractivity contribution < 1.29 is 37.1 Å². The van der Waals surface area contributed by atoms with Gasteiger partial charge in [0.2, 0.25) is 11.8 Å². The summed E-state index contributed by atoms with van der Waals surface area (Å²) in [6, 6.07) is -3.18. The van der Waals surface area contributed by atoms with Gasteiger partial charge in [0.05, 0.1) is 30.5 Å². The van der Waals surface area contributed by atoms with E-state index in [-0.39, 0.29) is 53.8 Å². The molecule has 0 aromatic carbocycles. The SMILES string of the molecule is C=CCNC1OC1C(=O)[C@H](CCCC)NC(=O)[C@@H]1C2C(CN1C(=O)[C@@H](NC(=O)NC1(C3COCCS3(=O)=O)CCCCC1)C(C)(C)C)C2(C)C. The summed E-state index contributed by atoms with van der Waals surface area (Å²) in [7, 11) is -3.50. The topological polar surface area (TPSA) is 176 Å². The van der Waals surface area contributed by atoms with Crippen LogP contribution < -0.4 is 21.3 Å². The number of ketones is 1. The van der Waals surface area contributed by atoms with Gasteiger partial charge in [-0.3, -0.25) is 19.7 Å². The van der Waals surface area contributed by atoms with Crippen LogP contribution in [0, 0.1) is 22.7 Å². The van der Waals surface area contributed by atoms with Crippen LogP contribution in [-0.4, -0.2) is 110 Å². The third-order valence-corrected chi connectivity index (χ3v) is 14.0. The van der Waals surface area contributed by atoms with Crippen LogP contribution in [0.2, 0.25) is 0 Å². The monoisotopic (exact) mass is 721 g/mol. The highest BCUT2D eigenvalue weighted by Gasteiger charge is 2.70. The van der Waals surface area contributed by atoms with E-state index in [1.54, 1.807) is 11.0 Å². The number of fused-ring (bicyclic) bond motifs is 1. The Kier molecular flexibility index (Phi) is 11.5. The second-order valence-electron chi connectivity index (χ2n) is 16.7. The number of likely N-dealkylation sites (tertiary alicyclic amines) is 1. The number of unbranched alkanes of at least 4 members (excludes halogenated alkanes) is 1. The van der Waals surface area contributed by atoms with Gasteiger partial charge < -0.3 is 30.3 Å². The zero-order valence-corrected chi connectivity index (χ0v) is 31.5. The Morgan fingerprint density at radius 3 is 2.40 bits per heavy atom. The summed E-state index contributed by atoms with van der Waals surface area (Å²) in [6.07, 6.45) is 6.17. The standard InChI is InChI=1S/C36H59N5O8S/c1-8-10-14-23(27(42)28-31(49-28)37-17-9-2)38-30(43)26-25-22(35(25,6)7)20-41(26)32(44)29(34(3,4)5)39-33(45)40-36(15-12-11-13-16-36)24-21-48-18-19-50(24,46)47/h9,22-26,28-29,31,37H,2,8,10-21H2,1,3-7H3,(H,38,43)(H2,39,40,45)/t22?,23-,24?,25?,26-,28?,29+,31?/m0/s1. The van der Waals surface area contributed by atoms with Gasteiger partial charge in [0, 0.05) is 13.1 Å². The first-order chi connectivity index (χ1) is 23.5. The van der Waals surface area contributed by atoms with Crippen LogP contribution in [-0.2, 0) is 33.7 Å². The van der Waals surface area contributed by atoms with Gasteiger partial charge in [-0.05, 0) is 41.9 Å². The smallest absolute Gasteiger partial charge is 0.315 e. The lowest BCUT2D eigenvalue weighted by atomic mass is 9.79. The first kappa shape index (κ1) is 38.7. The Labute approximate surface area is 297 Å². The zero-order valence-electron chi connectivity index (χ0n) is 30.7. The van der Waals surface area contributed by atoms with Gasteiger partial charge in [-0.25, -0.2) is 13.2 Å². The number of urea groups is 1. The van der Waals surface area contributed by atoms with Gasteiger partial charge in [0.1, 0.15) is 23.6 Å². The van der Waals surface area contributed by atoms with Crippen LogP contribution in [0.25, 0.3) is 0 Å². The molecule has 2 saturated carbocycles. The molecule has 4 N–H and O–H groups in total. The molecule has 5 aliphatic rings. The number of hydrogen-bond acceptors (Lipinski definition) is 9. The largest absolute Gasteiger partial charge is 0.379 e. The van der Waals surface area contributed by atoms with E-state index >= 15 is 0 Å². The van der Waals surface area contributed by atoms with Crippen LogP contribution in [0.5, 0.6) is 0 Å². The molecule has 0 spiro atoms. The number of sulfone groups is 1. The van der Waals surface area contributed by atoms with Gasteiger partial charge in [-0.15, -0.1) is 6.58 Å². The van der Waals surface area contributed by atoms with Crippen molar-refractivity contribution in [1.29, 1.82) is 0 Å². The van der Waals surface area contributed by atoms with E-state index in [0.717, 1.165) is 32.1 Å². The number of epoxide rings is 1. The van der Waals surface area contributed by atoms with Gasteiger partial charge >= 0.3 is 6.03 Å². The predicted molar refractivity (Wildman–Crippen MR) is 189 cm³/mol. The molecule has 5 unspecified atom stereocenters. The molecule has 282 valence electrons. The number of hydrogen-bond donors (Lipinski definition) is 4. The third-order valence-electron chi connectivity index (χ3n) is 11.8. The molecule has 14 heteroatoms. The van der Waals surface area contributed by atoms with Crippen LogP contribution in [0.1, 0.15) is 92.9 Å². The summed E-state index contributed by atoms with van der Waals surface area (Å²) in [5.41, 5.74) is -1.90. The van der Waals surface area contributed by atoms with Crippen LogP contribution in [0.3, 0.4) is 0 Å². The minimum absolute atomic E-state index is 0.0218. The van der Waals surface area contributed by atoms with E-state index in [9.17, 15) is 27.6 Å². The van der Waals surface area contributed by atoms with Gasteiger partial charge in [0.25, 0.3) is 0 Å². The van der Waals surface area contributed by atoms with Crippen molar-refractivity contribution in [3.63, 3.8) is 0 Å². The van der Waals surface area contributed by atoms with Crippen LogP contribution >= 0.6 is 0 Å². The average Bonchev–Trinajstić information content (AvgIpc) is 3.87. The molecule has 0 bridgehead atoms. The number of amides is 4. The quantitative estimate of drug-likeness (QED) is 0.155. The average molecular weight is 722 g/mol. The fourth-order valence-electron chi connectivity index (χ4n) is 8.68. The molecule has 3 aliphatic heterocycles. The predicted octanol–water partition coefficient (Wildman–Crippen LogP) is 2.44. The summed E-state index contributed by atoms with van der Waals surface area (Å²) in [6.45, 7) is 16.5. The van der Waals surface area contributed by atoms with E-state index < -0.39 is 62.5 Å². The van der Waals surface area contributed by atoms with Gasteiger partial charge in [-0.2, -0.15) is 0 Å². The Morgan fingerprint density at radius 1 is 1.08 bits per heavy atom. The maximum Gasteiger partial charge on any atom is 0.315 e. The minimum atomic E-state index is -3.50. The molecule has 3 heterocycles. The number of nitrogens with one attached hydrogen (secondary N) is 4. The second-order valence-corrected chi connectivity index (χ2v) is 19.0. The van der Waals surface area contributed by atoms with Crippen LogP contribution in [0.4, 0.5) is 4.79 Å². The van der Waals surface area contributed by atoms with Gasteiger partial charge in [0.15, 0.2) is 21.7 Å². The number of ether oxygens (including phenoxy) is 2. The Balaban J connectivity index is 1.33. The molecular weight excluding hydrogens is 662 g/mol. The molecular formula is C36H59N5O8S. The van der Waals surface area contributed by atoms with Crippen molar-refractivity contribution in [2.45, 2.75) is 134 Å². The molecule has 2 aliphatic carbocycles. The molecule has 4 amide bonds. The van der Waals surface area contributed by atoms with Crippen LogP contribution in [0.15, 0.2) is 12.7 Å². The summed E-state index contributed by atoms with van der Waals surface area (Å²) in [5.74, 6) is -1.02. The fourth-order valence-corrected chi connectivity index (χ4v) is 10.6. The van der Waals surface area contributed by atoms with Crippen molar-refractivity contribution in [1.82, 2.24) is 26.2 Å². The number of nitrogens with zero attached hydrogens (tertiary/aromatic N) is 1. The highest BCUT2D eigenvalue weighted by molar-refractivity contribution is 7.92. The summed E-state index contributed by atoms with van der Waals surface area (Å²) in [5, 5.41) is 11.2. The van der Waals surface area contributed by atoms with Crippen molar-refractivity contribution in [3.8, 4) is 0 Å². The van der Waals surface area contributed by atoms with E-state index in [1.165, 1.54) is 0 Å². The highest BCUT2D eigenvalue weighted by Crippen LogP contribution is 2.65. The van der Waals surface area contributed by atoms with E-state index in [1.807, 2.05) is 27.7 Å². The van der Waals surface area contributed by atoms with E-state index in [0.29, 0.717) is 32.4 Å². The normalized spacial score (nSPS) is 31.8. The summed E-state index contributed by atoms with van der Waals surface area (Å²) < 4.78 is 37.6. The molecule has 50 heavy (non-hydrogen) atoms. The molecule has 5 fully saturated rings. The molecule has 0 aromatic heterocycles. The number of carbonyl (C=O) groups excluding carboxylic acids is 4. The molecule has 5 rings (SSSR count). The molecule has 13 nitrogen and oxygen atoms in total. The van der Waals surface area contributed by atoms with Crippen molar-refractivity contribution in [3.05, 3.63) is 12.7 Å². The van der Waals surface area contributed by atoms with E-state index in [4.69, 9.17) is 9.47 Å². The van der Waals surface area contributed by atoms with Gasteiger partial charge in [-0.1, -0.05) is 79.7 Å². The number of carbonyl (C=O) groups is 4. The zero-order chi connectivity index (χ0) is 36.6. The number of piperidine rings is 1. The first-order valence-electron chi connectivity index (χ1n) is 18.5. The Bertz CT molecular complexity index is 1420. The minimum Gasteiger partial charge on any atom is -0.379 e. The molecule has 0 aromatic rings. The number of Topliss-reactive ketones (excluding diaryl/α,β-unsaturated/α-hetero) is 1. The van der Waals surface area contributed by atoms with Crippen molar-refractivity contribution in [2.24, 2.45) is 22.7 Å². The fraction of sp³-hybridized carbons (Fsp3) is 0.833. The Morgan fingerprint density at radius 2 is 1.78 bits per heavy atom. The maximum absolute atomic E-state index is 14.5. The second kappa shape index (κ2) is 14.8. The third kappa shape index (κ3) is 7.92. The Hall–Kier alpha value is -2.55. The maximum atomic E-state index is 14.5. The summed E-state index contributed by atoms with van der Waals surface area (Å²) >= 11 is 0. The van der Waals surface area contributed by atoms with E-state index in [2.05, 4.69) is 41.7 Å². The lowest BCUT2D eigenvalue weighted by molar-refractivity contribution is -0.144. The lowest BCUT2D eigenvalue weighted by Gasteiger charge is -2.45. The summed E-state index contributed by atoms with van der Waals surface area (Å²) in [4.78, 5) is 57.7. The first-order valence-corrected chi connectivity index (χ1v) is 20.2.